The summed E-state index contributed by atoms with van der Waals surface area (Å²) in [6, 6.07) is 20.0. The van der Waals surface area contributed by atoms with Gasteiger partial charge in [-0.1, -0.05) is 48.0 Å². The number of halogens is 1. The molecule has 0 fully saturated rings. The van der Waals surface area contributed by atoms with Crippen LogP contribution in [0.4, 0.5) is 0 Å². The van der Waals surface area contributed by atoms with Crippen LogP contribution in [0.15, 0.2) is 66.9 Å². The van der Waals surface area contributed by atoms with Gasteiger partial charge in [0, 0.05) is 22.5 Å². The summed E-state index contributed by atoms with van der Waals surface area (Å²) in [6.07, 6.45) is 1.85. The van der Waals surface area contributed by atoms with Gasteiger partial charge in [0.15, 0.2) is 0 Å². The van der Waals surface area contributed by atoms with Crippen LogP contribution in [0, 0.1) is 0 Å². The first-order chi connectivity index (χ1) is 10.3. The Labute approximate surface area is 127 Å². The minimum Gasteiger partial charge on any atom is -0.256 e. The second-order valence-electron chi connectivity index (χ2n) is 4.92. The highest BCUT2D eigenvalue weighted by molar-refractivity contribution is 6.35. The first-order valence-electron chi connectivity index (χ1n) is 6.72. The Hall–Kier alpha value is -2.45. The molecule has 3 heteroatoms. The van der Waals surface area contributed by atoms with Gasteiger partial charge in [-0.25, -0.2) is 4.98 Å². The van der Waals surface area contributed by atoms with E-state index in [2.05, 4.69) is 22.1 Å². The van der Waals surface area contributed by atoms with Crippen LogP contribution in [-0.4, -0.2) is 9.97 Å². The van der Waals surface area contributed by atoms with Crippen LogP contribution < -0.4 is 0 Å². The molecule has 2 aromatic carbocycles. The number of aromatic nitrogens is 2. The average molecular weight is 291 g/mol. The van der Waals surface area contributed by atoms with Crippen LogP contribution >= 0.6 is 11.6 Å². The lowest BCUT2D eigenvalue weighted by Crippen LogP contribution is -1.88. The van der Waals surface area contributed by atoms with Crippen LogP contribution in [0.1, 0.15) is 0 Å². The molecular formula is C18H11ClN2. The Morgan fingerprint density at radius 3 is 2.62 bits per heavy atom. The van der Waals surface area contributed by atoms with Crippen molar-refractivity contribution in [3.8, 4) is 11.3 Å². The lowest BCUT2D eigenvalue weighted by Gasteiger charge is -2.05. The molecule has 100 valence electrons. The minimum atomic E-state index is 0.670. The number of pyridine rings is 2. The number of benzene rings is 2. The predicted molar refractivity (Wildman–Crippen MR) is 87.5 cm³/mol. The molecule has 0 atom stereocenters. The van der Waals surface area contributed by atoms with Gasteiger partial charge in [0.2, 0.25) is 0 Å². The van der Waals surface area contributed by atoms with E-state index in [1.54, 1.807) is 0 Å². The lowest BCUT2D eigenvalue weighted by molar-refractivity contribution is 1.35. The van der Waals surface area contributed by atoms with E-state index >= 15 is 0 Å². The molecule has 0 radical (unpaired) electrons. The zero-order chi connectivity index (χ0) is 14.2. The second-order valence-corrected chi connectivity index (χ2v) is 5.33. The highest BCUT2D eigenvalue weighted by Gasteiger charge is 2.05. The monoisotopic (exact) mass is 290 g/mol. The number of hydrogen-bond acceptors (Lipinski definition) is 2. The van der Waals surface area contributed by atoms with Crippen LogP contribution in [0.25, 0.3) is 33.1 Å². The molecule has 4 rings (SSSR count). The molecule has 2 aromatic heterocycles. The average Bonchev–Trinajstić information content (AvgIpc) is 2.54. The SMILES string of the molecule is Clc1cccc2ccc(-c3cnc4ccccc4c3)nc12. The summed E-state index contributed by atoms with van der Waals surface area (Å²) >= 11 is 6.23. The molecule has 0 N–H and O–H groups in total. The standard InChI is InChI=1S/C18H11ClN2/c19-15-6-3-5-12-8-9-17(21-18(12)15)14-10-13-4-1-2-7-16(13)20-11-14/h1-11H. The smallest absolute Gasteiger partial charge is 0.0895 e. The molecule has 0 aliphatic carbocycles. The predicted octanol–water partition coefficient (Wildman–Crippen LogP) is 5.10. The van der Waals surface area contributed by atoms with E-state index in [4.69, 9.17) is 11.6 Å². The number of hydrogen-bond donors (Lipinski definition) is 0. The summed E-state index contributed by atoms with van der Waals surface area (Å²) in [5.41, 5.74) is 3.69. The Kier molecular flexibility index (Phi) is 2.83. The first-order valence-corrected chi connectivity index (χ1v) is 7.09. The van der Waals surface area contributed by atoms with Gasteiger partial charge in [0.1, 0.15) is 0 Å². The third kappa shape index (κ3) is 2.14. The van der Waals surface area contributed by atoms with E-state index < -0.39 is 0 Å². The van der Waals surface area contributed by atoms with Crippen molar-refractivity contribution in [3.05, 3.63) is 71.9 Å². The van der Waals surface area contributed by atoms with E-state index in [0.29, 0.717) is 5.02 Å². The Morgan fingerprint density at radius 1 is 0.810 bits per heavy atom. The third-order valence-corrected chi connectivity index (χ3v) is 3.86. The van der Waals surface area contributed by atoms with Crippen molar-refractivity contribution in [2.24, 2.45) is 0 Å². The van der Waals surface area contributed by atoms with E-state index in [1.807, 2.05) is 54.7 Å². The summed E-state index contributed by atoms with van der Waals surface area (Å²) < 4.78 is 0. The van der Waals surface area contributed by atoms with Gasteiger partial charge in [-0.15, -0.1) is 0 Å². The van der Waals surface area contributed by atoms with Gasteiger partial charge in [0.25, 0.3) is 0 Å². The Bertz CT molecular complexity index is 963. The Balaban J connectivity index is 1.93. The molecule has 0 saturated heterocycles. The number of rotatable bonds is 1. The van der Waals surface area contributed by atoms with Gasteiger partial charge < -0.3 is 0 Å². The fourth-order valence-corrected chi connectivity index (χ4v) is 2.71. The van der Waals surface area contributed by atoms with Crippen molar-refractivity contribution in [2.75, 3.05) is 0 Å². The Morgan fingerprint density at radius 2 is 1.67 bits per heavy atom. The quantitative estimate of drug-likeness (QED) is 0.487. The van der Waals surface area contributed by atoms with Crippen molar-refractivity contribution < 1.29 is 0 Å². The maximum atomic E-state index is 6.23. The minimum absolute atomic E-state index is 0.670. The second kappa shape index (κ2) is 4.83. The molecule has 0 aliphatic rings. The highest BCUT2D eigenvalue weighted by atomic mass is 35.5. The van der Waals surface area contributed by atoms with Crippen molar-refractivity contribution in [3.63, 3.8) is 0 Å². The zero-order valence-corrected chi connectivity index (χ0v) is 11.9. The summed E-state index contributed by atoms with van der Waals surface area (Å²) in [5, 5.41) is 2.82. The number of fused-ring (bicyclic) bond motifs is 2. The molecule has 0 amide bonds. The first kappa shape index (κ1) is 12.3. The molecular weight excluding hydrogens is 280 g/mol. The molecule has 2 heterocycles. The fourth-order valence-electron chi connectivity index (χ4n) is 2.48. The van der Waals surface area contributed by atoms with E-state index in [0.717, 1.165) is 33.1 Å². The molecule has 21 heavy (non-hydrogen) atoms. The van der Waals surface area contributed by atoms with Gasteiger partial charge in [-0.05, 0) is 24.3 Å². The van der Waals surface area contributed by atoms with Crippen LogP contribution in [-0.2, 0) is 0 Å². The summed E-state index contributed by atoms with van der Waals surface area (Å²) in [6.45, 7) is 0. The van der Waals surface area contributed by atoms with Gasteiger partial charge in [-0.2, -0.15) is 0 Å². The third-order valence-electron chi connectivity index (χ3n) is 3.56. The van der Waals surface area contributed by atoms with Crippen LogP contribution in [0.2, 0.25) is 5.02 Å². The van der Waals surface area contributed by atoms with Gasteiger partial charge in [-0.3, -0.25) is 4.98 Å². The number of nitrogens with zero attached hydrogens (tertiary/aromatic N) is 2. The molecule has 2 nitrogen and oxygen atoms in total. The maximum Gasteiger partial charge on any atom is 0.0895 e. The van der Waals surface area contributed by atoms with Crippen LogP contribution in [0.3, 0.4) is 0 Å². The molecule has 4 aromatic rings. The van der Waals surface area contributed by atoms with Crippen molar-refractivity contribution in [1.29, 1.82) is 0 Å². The van der Waals surface area contributed by atoms with E-state index in [1.165, 1.54) is 0 Å². The summed E-state index contributed by atoms with van der Waals surface area (Å²) in [4.78, 5) is 9.17. The van der Waals surface area contributed by atoms with Crippen molar-refractivity contribution in [2.45, 2.75) is 0 Å². The summed E-state index contributed by atoms with van der Waals surface area (Å²) in [5.74, 6) is 0. The number of para-hydroxylation sites is 2. The molecule has 0 aliphatic heterocycles. The zero-order valence-electron chi connectivity index (χ0n) is 11.1. The highest BCUT2D eigenvalue weighted by Crippen LogP contribution is 2.26. The topological polar surface area (TPSA) is 25.8 Å². The van der Waals surface area contributed by atoms with Crippen molar-refractivity contribution >= 4 is 33.4 Å². The largest absolute Gasteiger partial charge is 0.256 e. The van der Waals surface area contributed by atoms with Gasteiger partial charge in [0.05, 0.1) is 21.7 Å². The van der Waals surface area contributed by atoms with Crippen LogP contribution in [0.5, 0.6) is 0 Å². The lowest BCUT2D eigenvalue weighted by atomic mass is 10.1. The van der Waals surface area contributed by atoms with E-state index in [-0.39, 0.29) is 0 Å². The molecule has 0 unspecified atom stereocenters. The van der Waals surface area contributed by atoms with E-state index in [9.17, 15) is 0 Å². The molecule has 0 spiro atoms. The maximum absolute atomic E-state index is 6.23. The normalized spacial score (nSPS) is 11.1. The molecule has 0 saturated carbocycles. The fraction of sp³-hybridized carbons (Fsp3) is 0. The van der Waals surface area contributed by atoms with Gasteiger partial charge >= 0.3 is 0 Å². The summed E-state index contributed by atoms with van der Waals surface area (Å²) in [7, 11) is 0. The molecule has 0 bridgehead atoms. The van der Waals surface area contributed by atoms with Crippen molar-refractivity contribution in [1.82, 2.24) is 9.97 Å².